The molecule has 1 aliphatic heterocycles. The third kappa shape index (κ3) is 2.38. The van der Waals surface area contributed by atoms with E-state index in [2.05, 4.69) is 35.5 Å². The number of aromatic nitrogens is 2. The van der Waals surface area contributed by atoms with Crippen molar-refractivity contribution in [3.63, 3.8) is 0 Å². The minimum absolute atomic E-state index is 0.865. The van der Waals surface area contributed by atoms with Gasteiger partial charge in [-0.3, -0.25) is 4.68 Å². The fourth-order valence-corrected chi connectivity index (χ4v) is 2.85. The van der Waals surface area contributed by atoms with Crippen LogP contribution in [0, 0.1) is 0 Å². The number of nitrogens with one attached hydrogen (secondary N) is 1. The average molecular weight is 271 g/mol. The van der Waals surface area contributed by atoms with E-state index in [9.17, 15) is 0 Å². The lowest BCUT2D eigenvalue weighted by atomic mass is 9.99. The standard InChI is InChI=1S/C16H21N3O/c1-3-19-15(16(20-2)11-18-19)10-12-6-7-14-13(9-12)5-4-8-17-14/h6-7,9,11,17H,3-5,8,10H2,1-2H3. The van der Waals surface area contributed by atoms with Crippen molar-refractivity contribution >= 4 is 5.69 Å². The zero-order valence-corrected chi connectivity index (χ0v) is 12.1. The van der Waals surface area contributed by atoms with Crippen LogP contribution >= 0.6 is 0 Å². The maximum atomic E-state index is 5.42. The minimum Gasteiger partial charge on any atom is -0.493 e. The fourth-order valence-electron chi connectivity index (χ4n) is 2.85. The average Bonchev–Trinajstić information content (AvgIpc) is 2.89. The van der Waals surface area contributed by atoms with Crippen molar-refractivity contribution in [2.24, 2.45) is 0 Å². The number of ether oxygens (including phenoxy) is 1. The van der Waals surface area contributed by atoms with E-state index in [1.54, 1.807) is 13.3 Å². The van der Waals surface area contributed by atoms with Crippen molar-refractivity contribution in [1.29, 1.82) is 0 Å². The molecule has 1 N–H and O–H groups in total. The highest BCUT2D eigenvalue weighted by Crippen LogP contribution is 2.26. The molecule has 4 heteroatoms. The van der Waals surface area contributed by atoms with Crippen LogP contribution in [0.1, 0.15) is 30.2 Å². The van der Waals surface area contributed by atoms with Crippen LogP contribution in [0.5, 0.6) is 5.75 Å². The molecule has 2 heterocycles. The third-order valence-corrected chi connectivity index (χ3v) is 3.91. The van der Waals surface area contributed by atoms with Gasteiger partial charge < -0.3 is 10.1 Å². The summed E-state index contributed by atoms with van der Waals surface area (Å²) in [5.74, 6) is 0.877. The fraction of sp³-hybridized carbons (Fsp3) is 0.438. The molecule has 0 atom stereocenters. The Bertz CT molecular complexity index is 582. The number of nitrogens with zero attached hydrogens (tertiary/aromatic N) is 2. The lowest BCUT2D eigenvalue weighted by Crippen LogP contribution is -2.12. The molecule has 20 heavy (non-hydrogen) atoms. The van der Waals surface area contributed by atoms with Gasteiger partial charge in [0.1, 0.15) is 0 Å². The number of hydrogen-bond donors (Lipinski definition) is 1. The molecule has 0 radical (unpaired) electrons. The zero-order valence-electron chi connectivity index (χ0n) is 12.1. The molecule has 0 spiro atoms. The topological polar surface area (TPSA) is 39.1 Å². The van der Waals surface area contributed by atoms with Gasteiger partial charge in [0, 0.05) is 25.2 Å². The van der Waals surface area contributed by atoms with Crippen LogP contribution in [0.4, 0.5) is 5.69 Å². The van der Waals surface area contributed by atoms with Gasteiger partial charge in [-0.15, -0.1) is 0 Å². The number of fused-ring (bicyclic) bond motifs is 1. The summed E-state index contributed by atoms with van der Waals surface area (Å²) in [6.07, 6.45) is 5.05. The second-order valence-corrected chi connectivity index (χ2v) is 5.17. The molecule has 0 unspecified atom stereocenters. The van der Waals surface area contributed by atoms with Crippen molar-refractivity contribution in [3.05, 3.63) is 41.2 Å². The molecule has 4 nitrogen and oxygen atoms in total. The molecule has 1 aromatic carbocycles. The lowest BCUT2D eigenvalue weighted by molar-refractivity contribution is 0.408. The van der Waals surface area contributed by atoms with E-state index in [0.717, 1.165) is 31.0 Å². The van der Waals surface area contributed by atoms with E-state index in [-0.39, 0.29) is 0 Å². The molecule has 0 saturated heterocycles. The number of anilines is 1. The summed E-state index contributed by atoms with van der Waals surface area (Å²) in [6.45, 7) is 4.06. The van der Waals surface area contributed by atoms with Crippen LogP contribution in [0.25, 0.3) is 0 Å². The lowest BCUT2D eigenvalue weighted by Gasteiger charge is -2.19. The Kier molecular flexibility index (Phi) is 3.63. The van der Waals surface area contributed by atoms with Crippen LogP contribution in [0.2, 0.25) is 0 Å². The Morgan fingerprint density at radius 2 is 2.30 bits per heavy atom. The van der Waals surface area contributed by atoms with Crippen LogP contribution < -0.4 is 10.1 Å². The highest BCUT2D eigenvalue weighted by atomic mass is 16.5. The number of aryl methyl sites for hydroxylation is 2. The van der Waals surface area contributed by atoms with E-state index >= 15 is 0 Å². The summed E-state index contributed by atoms with van der Waals surface area (Å²) < 4.78 is 7.43. The molecule has 0 fully saturated rings. The van der Waals surface area contributed by atoms with Gasteiger partial charge in [-0.25, -0.2) is 0 Å². The maximum absolute atomic E-state index is 5.42. The monoisotopic (exact) mass is 271 g/mol. The molecule has 0 aliphatic carbocycles. The number of methoxy groups -OCH3 is 1. The Morgan fingerprint density at radius 1 is 1.40 bits per heavy atom. The summed E-state index contributed by atoms with van der Waals surface area (Å²) in [4.78, 5) is 0. The normalized spacial score (nSPS) is 13.7. The molecule has 1 aromatic heterocycles. The predicted molar refractivity (Wildman–Crippen MR) is 80.5 cm³/mol. The van der Waals surface area contributed by atoms with Crippen molar-refractivity contribution in [1.82, 2.24) is 9.78 Å². The van der Waals surface area contributed by atoms with Crippen LogP contribution in [0.15, 0.2) is 24.4 Å². The van der Waals surface area contributed by atoms with Crippen molar-refractivity contribution in [2.45, 2.75) is 32.7 Å². The highest BCUT2D eigenvalue weighted by molar-refractivity contribution is 5.54. The minimum atomic E-state index is 0.865. The largest absolute Gasteiger partial charge is 0.493 e. The first-order valence-corrected chi connectivity index (χ1v) is 7.26. The van der Waals surface area contributed by atoms with Gasteiger partial charge in [0.25, 0.3) is 0 Å². The van der Waals surface area contributed by atoms with Gasteiger partial charge >= 0.3 is 0 Å². The first kappa shape index (κ1) is 13.0. The SMILES string of the molecule is CCn1ncc(OC)c1Cc1ccc2c(c1)CCCN2. The van der Waals surface area contributed by atoms with Gasteiger partial charge in [0.2, 0.25) is 0 Å². The van der Waals surface area contributed by atoms with Crippen molar-refractivity contribution < 1.29 is 4.74 Å². The summed E-state index contributed by atoms with van der Waals surface area (Å²) in [6, 6.07) is 6.71. The Balaban J connectivity index is 1.89. The Labute approximate surface area is 119 Å². The van der Waals surface area contributed by atoms with E-state index < -0.39 is 0 Å². The smallest absolute Gasteiger partial charge is 0.160 e. The molecule has 3 rings (SSSR count). The maximum Gasteiger partial charge on any atom is 0.160 e. The molecule has 106 valence electrons. The predicted octanol–water partition coefficient (Wildman–Crippen LogP) is 2.86. The van der Waals surface area contributed by atoms with Crippen molar-refractivity contribution in [2.75, 3.05) is 19.0 Å². The number of rotatable bonds is 4. The molecule has 1 aliphatic rings. The van der Waals surface area contributed by atoms with Crippen LogP contribution in [-0.4, -0.2) is 23.4 Å². The zero-order chi connectivity index (χ0) is 13.9. The first-order valence-electron chi connectivity index (χ1n) is 7.26. The highest BCUT2D eigenvalue weighted by Gasteiger charge is 2.13. The van der Waals surface area contributed by atoms with Gasteiger partial charge in [-0.05, 0) is 37.0 Å². The molecular formula is C16H21N3O. The Hall–Kier alpha value is -1.97. The van der Waals surface area contributed by atoms with E-state index in [0.29, 0.717) is 0 Å². The number of hydrogen-bond acceptors (Lipinski definition) is 3. The first-order chi connectivity index (χ1) is 9.81. The second-order valence-electron chi connectivity index (χ2n) is 5.17. The van der Waals surface area contributed by atoms with Gasteiger partial charge in [0.05, 0.1) is 19.0 Å². The summed E-state index contributed by atoms with van der Waals surface area (Å²) in [7, 11) is 1.71. The summed E-state index contributed by atoms with van der Waals surface area (Å²) in [5, 5.41) is 7.82. The van der Waals surface area contributed by atoms with Gasteiger partial charge in [-0.1, -0.05) is 12.1 Å². The molecular weight excluding hydrogens is 250 g/mol. The quantitative estimate of drug-likeness (QED) is 0.929. The van der Waals surface area contributed by atoms with Crippen LogP contribution in [0.3, 0.4) is 0 Å². The van der Waals surface area contributed by atoms with E-state index in [1.165, 1.54) is 29.7 Å². The Morgan fingerprint density at radius 3 is 3.10 bits per heavy atom. The number of benzene rings is 1. The third-order valence-electron chi connectivity index (χ3n) is 3.91. The van der Waals surface area contributed by atoms with E-state index in [1.807, 2.05) is 4.68 Å². The van der Waals surface area contributed by atoms with Gasteiger partial charge in [-0.2, -0.15) is 5.10 Å². The summed E-state index contributed by atoms with van der Waals surface area (Å²) >= 11 is 0. The van der Waals surface area contributed by atoms with Crippen LogP contribution in [-0.2, 0) is 19.4 Å². The second kappa shape index (κ2) is 5.57. The van der Waals surface area contributed by atoms with Crippen molar-refractivity contribution in [3.8, 4) is 5.75 Å². The van der Waals surface area contributed by atoms with E-state index in [4.69, 9.17) is 4.74 Å². The molecule has 0 saturated carbocycles. The summed E-state index contributed by atoms with van der Waals surface area (Å²) in [5.41, 5.74) is 5.19. The van der Waals surface area contributed by atoms with Gasteiger partial charge in [0.15, 0.2) is 5.75 Å². The molecule has 0 amide bonds. The molecule has 2 aromatic rings. The molecule has 0 bridgehead atoms.